The lowest BCUT2D eigenvalue weighted by Crippen LogP contribution is -2.24. The summed E-state index contributed by atoms with van der Waals surface area (Å²) in [6.45, 7) is 7.67. The number of hydrogen-bond acceptors (Lipinski definition) is 1. The van der Waals surface area contributed by atoms with E-state index in [9.17, 15) is 0 Å². The van der Waals surface area contributed by atoms with Crippen LogP contribution in [0.3, 0.4) is 0 Å². The summed E-state index contributed by atoms with van der Waals surface area (Å²) in [4.78, 5) is 0. The molecule has 19 heavy (non-hydrogen) atoms. The van der Waals surface area contributed by atoms with Gasteiger partial charge < -0.3 is 5.32 Å². The van der Waals surface area contributed by atoms with Crippen molar-refractivity contribution in [2.75, 3.05) is 6.54 Å². The Morgan fingerprint density at radius 3 is 2.42 bits per heavy atom. The third kappa shape index (κ3) is 8.85. The van der Waals surface area contributed by atoms with Crippen LogP contribution < -0.4 is 5.32 Å². The van der Waals surface area contributed by atoms with Gasteiger partial charge in [0.1, 0.15) is 0 Å². The van der Waals surface area contributed by atoms with Gasteiger partial charge in [0.25, 0.3) is 0 Å². The van der Waals surface area contributed by atoms with Gasteiger partial charge in [-0.3, -0.25) is 0 Å². The van der Waals surface area contributed by atoms with E-state index < -0.39 is 0 Å². The number of nitrogens with one attached hydrogen (secondary N) is 1. The topological polar surface area (TPSA) is 12.0 Å². The van der Waals surface area contributed by atoms with Gasteiger partial charge in [-0.15, -0.1) is 12.4 Å². The first-order valence-corrected chi connectivity index (χ1v) is 7.20. The Balaban J connectivity index is 0.00000324. The zero-order valence-corrected chi connectivity index (χ0v) is 13.3. The van der Waals surface area contributed by atoms with Crippen molar-refractivity contribution in [3.63, 3.8) is 0 Å². The first-order chi connectivity index (χ1) is 8.72. The first-order valence-electron chi connectivity index (χ1n) is 7.20. The summed E-state index contributed by atoms with van der Waals surface area (Å²) in [6.07, 6.45) is 7.46. The molecule has 0 atom stereocenters. The zero-order valence-electron chi connectivity index (χ0n) is 12.5. The fourth-order valence-electron chi connectivity index (χ4n) is 1.93. The zero-order chi connectivity index (χ0) is 13.2. The molecule has 0 aliphatic rings. The van der Waals surface area contributed by atoms with Gasteiger partial charge in [-0.2, -0.15) is 0 Å². The van der Waals surface area contributed by atoms with Gasteiger partial charge in [-0.05, 0) is 18.4 Å². The van der Waals surface area contributed by atoms with Crippen LogP contribution in [0.5, 0.6) is 0 Å². The highest BCUT2D eigenvalue weighted by Crippen LogP contribution is 2.13. The summed E-state index contributed by atoms with van der Waals surface area (Å²) in [5.41, 5.74) is 2.83. The Morgan fingerprint density at radius 1 is 1.16 bits per heavy atom. The van der Waals surface area contributed by atoms with Crippen LogP contribution in [0.4, 0.5) is 0 Å². The molecule has 0 saturated carbocycles. The number of rotatable bonds is 8. The molecule has 1 nitrogen and oxygen atoms in total. The normalized spacial score (nSPS) is 11.5. The minimum Gasteiger partial charge on any atom is -0.311 e. The lowest BCUT2D eigenvalue weighted by atomic mass is 10.0. The van der Waals surface area contributed by atoms with Crippen molar-refractivity contribution in [2.45, 2.75) is 52.5 Å². The molecule has 0 radical (unpaired) electrons. The molecule has 0 aliphatic carbocycles. The number of hydrogen-bond donors (Lipinski definition) is 1. The van der Waals surface area contributed by atoms with E-state index >= 15 is 0 Å². The Morgan fingerprint density at radius 2 is 1.84 bits per heavy atom. The highest BCUT2D eigenvalue weighted by molar-refractivity contribution is 5.85. The third-order valence-corrected chi connectivity index (χ3v) is 3.01. The Hall–Kier alpha value is -0.790. The van der Waals surface area contributed by atoms with Crippen molar-refractivity contribution in [1.29, 1.82) is 0 Å². The van der Waals surface area contributed by atoms with E-state index in [4.69, 9.17) is 0 Å². The predicted octanol–water partition coefficient (Wildman–Crippen LogP) is 5.07. The maximum absolute atomic E-state index is 3.52. The van der Waals surface area contributed by atoms with Crippen LogP contribution in [0.25, 0.3) is 6.08 Å². The van der Waals surface area contributed by atoms with E-state index in [-0.39, 0.29) is 12.4 Å². The maximum atomic E-state index is 3.52. The van der Waals surface area contributed by atoms with E-state index in [0.29, 0.717) is 6.04 Å². The summed E-state index contributed by atoms with van der Waals surface area (Å²) in [7, 11) is 0. The summed E-state index contributed by atoms with van der Waals surface area (Å²) >= 11 is 0. The van der Waals surface area contributed by atoms with Crippen LogP contribution in [0.15, 0.2) is 35.9 Å². The molecule has 0 bridgehead atoms. The minimum absolute atomic E-state index is 0. The van der Waals surface area contributed by atoms with Crippen molar-refractivity contribution in [3.8, 4) is 0 Å². The average molecular weight is 282 g/mol. The second kappa shape index (κ2) is 11.1. The SMILES string of the molecule is CCCCC/C(=C\c1ccccc1)CNC(C)C.Cl. The number of unbranched alkanes of at least 4 members (excludes halogenated alkanes) is 2. The molecule has 1 rings (SSSR count). The lowest BCUT2D eigenvalue weighted by Gasteiger charge is -2.12. The fourth-order valence-corrected chi connectivity index (χ4v) is 1.93. The maximum Gasteiger partial charge on any atom is 0.0170 e. The summed E-state index contributed by atoms with van der Waals surface area (Å²) in [6, 6.07) is 11.2. The molecule has 0 unspecified atom stereocenters. The molecule has 0 amide bonds. The second-order valence-electron chi connectivity index (χ2n) is 5.21. The molecule has 0 aliphatic heterocycles. The smallest absolute Gasteiger partial charge is 0.0170 e. The van der Waals surface area contributed by atoms with Crippen molar-refractivity contribution in [3.05, 3.63) is 41.5 Å². The van der Waals surface area contributed by atoms with Gasteiger partial charge >= 0.3 is 0 Å². The highest BCUT2D eigenvalue weighted by Gasteiger charge is 2.00. The largest absolute Gasteiger partial charge is 0.311 e. The molecule has 0 saturated heterocycles. The van der Waals surface area contributed by atoms with Crippen LogP contribution in [0.2, 0.25) is 0 Å². The molecule has 0 aromatic heterocycles. The van der Waals surface area contributed by atoms with Crippen LogP contribution in [0.1, 0.15) is 52.0 Å². The van der Waals surface area contributed by atoms with Crippen molar-refractivity contribution < 1.29 is 0 Å². The molecule has 108 valence electrons. The second-order valence-corrected chi connectivity index (χ2v) is 5.21. The van der Waals surface area contributed by atoms with E-state index in [1.807, 2.05) is 0 Å². The van der Waals surface area contributed by atoms with Crippen molar-refractivity contribution in [2.24, 2.45) is 0 Å². The Labute approximate surface area is 124 Å². The summed E-state index contributed by atoms with van der Waals surface area (Å²) in [5, 5.41) is 3.52. The molecule has 2 heteroatoms. The summed E-state index contributed by atoms with van der Waals surface area (Å²) in [5.74, 6) is 0. The van der Waals surface area contributed by atoms with Crippen LogP contribution >= 0.6 is 12.4 Å². The van der Waals surface area contributed by atoms with Gasteiger partial charge in [-0.1, -0.05) is 75.6 Å². The standard InChI is InChI=1S/C17H27N.ClH/c1-4-5-7-12-17(14-18-15(2)3)13-16-10-8-6-9-11-16;/h6,8-11,13,15,18H,4-5,7,12,14H2,1-3H3;1H/b17-13+;. The quantitative estimate of drug-likeness (QED) is 0.656. The minimum atomic E-state index is 0. The monoisotopic (exact) mass is 281 g/mol. The number of benzene rings is 1. The van der Waals surface area contributed by atoms with Crippen LogP contribution in [0, 0.1) is 0 Å². The van der Waals surface area contributed by atoms with E-state index in [1.165, 1.54) is 36.8 Å². The van der Waals surface area contributed by atoms with Crippen LogP contribution in [-0.4, -0.2) is 12.6 Å². The van der Waals surface area contributed by atoms with Crippen molar-refractivity contribution >= 4 is 18.5 Å². The molecule has 1 aromatic rings. The molecule has 1 aromatic carbocycles. The summed E-state index contributed by atoms with van der Waals surface area (Å²) < 4.78 is 0. The van der Waals surface area contributed by atoms with E-state index in [1.54, 1.807) is 0 Å². The third-order valence-electron chi connectivity index (χ3n) is 3.01. The predicted molar refractivity (Wildman–Crippen MR) is 88.9 cm³/mol. The molecule has 1 N–H and O–H groups in total. The number of halogens is 1. The molecule has 0 heterocycles. The molecule has 0 fully saturated rings. The first kappa shape index (κ1) is 18.2. The van der Waals surface area contributed by atoms with Gasteiger partial charge in [0.05, 0.1) is 0 Å². The van der Waals surface area contributed by atoms with Gasteiger partial charge in [0.15, 0.2) is 0 Å². The average Bonchev–Trinajstić information content (AvgIpc) is 2.37. The van der Waals surface area contributed by atoms with Gasteiger partial charge in [0, 0.05) is 12.6 Å². The molecular weight excluding hydrogens is 254 g/mol. The molecule has 0 spiro atoms. The van der Waals surface area contributed by atoms with E-state index in [0.717, 1.165) is 6.54 Å². The van der Waals surface area contributed by atoms with Gasteiger partial charge in [0.2, 0.25) is 0 Å². The van der Waals surface area contributed by atoms with Crippen LogP contribution in [-0.2, 0) is 0 Å². The fraction of sp³-hybridized carbons (Fsp3) is 0.529. The van der Waals surface area contributed by atoms with Gasteiger partial charge in [-0.25, -0.2) is 0 Å². The molecular formula is C17H28ClN. The highest BCUT2D eigenvalue weighted by atomic mass is 35.5. The Bertz CT molecular complexity index is 344. The van der Waals surface area contributed by atoms with E-state index in [2.05, 4.69) is 62.5 Å². The van der Waals surface area contributed by atoms with Crippen molar-refractivity contribution in [1.82, 2.24) is 5.32 Å². The lowest BCUT2D eigenvalue weighted by molar-refractivity contribution is 0.604. The Kier molecular flexibility index (Phi) is 10.6.